The molecule has 5 rings (SSSR count). The molecule has 7 nitrogen and oxygen atoms in total. The minimum absolute atomic E-state index is 0.0227. The summed E-state index contributed by atoms with van der Waals surface area (Å²) in [6.07, 6.45) is 1.55. The van der Waals surface area contributed by atoms with Crippen LogP contribution < -0.4 is 10.2 Å². The van der Waals surface area contributed by atoms with Crippen molar-refractivity contribution in [3.8, 4) is 21.8 Å². The Balaban J connectivity index is 1.26. The van der Waals surface area contributed by atoms with Gasteiger partial charge in [-0.1, -0.05) is 24.3 Å². The van der Waals surface area contributed by atoms with Crippen molar-refractivity contribution < 1.29 is 14.3 Å². The first-order chi connectivity index (χ1) is 16.2. The second kappa shape index (κ2) is 9.82. The number of aromatic nitrogens is 1. The van der Waals surface area contributed by atoms with Crippen LogP contribution >= 0.6 is 11.3 Å². The minimum Gasteiger partial charge on any atom is -0.379 e. The molecule has 0 radical (unpaired) electrons. The average molecular weight is 463 g/mol. The maximum atomic E-state index is 12.4. The number of rotatable bonds is 6. The summed E-state index contributed by atoms with van der Waals surface area (Å²) in [5.41, 5.74) is 4.59. The van der Waals surface area contributed by atoms with Crippen LogP contribution in [0.3, 0.4) is 0 Å². The third-order valence-corrected chi connectivity index (χ3v) is 6.81. The smallest absolute Gasteiger partial charge is 0.238 e. The lowest BCUT2D eigenvalue weighted by atomic mass is 10.1. The summed E-state index contributed by atoms with van der Waals surface area (Å²) >= 11 is 1.57. The number of nitrogens with zero attached hydrogens (tertiary/aromatic N) is 3. The van der Waals surface area contributed by atoms with Crippen LogP contribution in [-0.2, 0) is 14.3 Å². The highest BCUT2D eigenvalue weighted by atomic mass is 32.1. The van der Waals surface area contributed by atoms with Crippen LogP contribution in [0, 0.1) is 0 Å². The molecule has 2 aliphatic rings. The maximum Gasteiger partial charge on any atom is 0.238 e. The van der Waals surface area contributed by atoms with E-state index in [0.29, 0.717) is 26.2 Å². The number of thiazole rings is 1. The normalized spacial score (nSPS) is 16.8. The number of amides is 2. The number of nitrogens with one attached hydrogen (secondary N) is 1. The molecule has 33 heavy (non-hydrogen) atoms. The van der Waals surface area contributed by atoms with E-state index in [0.717, 1.165) is 59.3 Å². The fourth-order valence-electron chi connectivity index (χ4n) is 4.17. The fraction of sp³-hybridized carbons (Fsp3) is 0.320. The van der Waals surface area contributed by atoms with Gasteiger partial charge < -0.3 is 15.0 Å². The molecule has 1 aromatic heterocycles. The highest BCUT2D eigenvalue weighted by Crippen LogP contribution is 2.31. The largest absolute Gasteiger partial charge is 0.379 e. The van der Waals surface area contributed by atoms with Crippen LogP contribution in [0.4, 0.5) is 11.4 Å². The third kappa shape index (κ3) is 5.13. The predicted octanol–water partition coefficient (Wildman–Crippen LogP) is 3.87. The molecule has 2 aromatic carbocycles. The summed E-state index contributed by atoms with van der Waals surface area (Å²) in [4.78, 5) is 33.1. The van der Waals surface area contributed by atoms with Crippen molar-refractivity contribution in [2.75, 3.05) is 49.6 Å². The van der Waals surface area contributed by atoms with Crippen LogP contribution in [-0.4, -0.2) is 61.1 Å². The van der Waals surface area contributed by atoms with Crippen molar-refractivity contribution in [2.45, 2.75) is 12.8 Å². The molecular formula is C25H26N4O3S. The van der Waals surface area contributed by atoms with Gasteiger partial charge in [-0.25, -0.2) is 4.98 Å². The molecule has 8 heteroatoms. The Bertz CT molecular complexity index is 1140. The lowest BCUT2D eigenvalue weighted by molar-refractivity contribution is -0.118. The molecule has 3 heterocycles. The van der Waals surface area contributed by atoms with E-state index in [1.165, 1.54) is 0 Å². The van der Waals surface area contributed by atoms with Gasteiger partial charge in [0.1, 0.15) is 5.01 Å². The number of morpholine rings is 1. The molecule has 3 aromatic rings. The molecule has 0 unspecified atom stereocenters. The Labute approximate surface area is 197 Å². The van der Waals surface area contributed by atoms with Crippen LogP contribution in [0.5, 0.6) is 0 Å². The first-order valence-corrected chi connectivity index (χ1v) is 12.1. The molecule has 0 saturated carbocycles. The van der Waals surface area contributed by atoms with Gasteiger partial charge in [0.15, 0.2) is 0 Å². The maximum absolute atomic E-state index is 12.4. The van der Waals surface area contributed by atoms with Gasteiger partial charge in [0.2, 0.25) is 11.8 Å². The average Bonchev–Trinajstić information content (AvgIpc) is 3.49. The number of anilines is 2. The summed E-state index contributed by atoms with van der Waals surface area (Å²) in [5, 5.41) is 5.93. The van der Waals surface area contributed by atoms with Crippen molar-refractivity contribution in [3.63, 3.8) is 0 Å². The van der Waals surface area contributed by atoms with Gasteiger partial charge in [-0.3, -0.25) is 14.5 Å². The Morgan fingerprint density at radius 3 is 2.64 bits per heavy atom. The van der Waals surface area contributed by atoms with Crippen LogP contribution in [0.1, 0.15) is 12.8 Å². The number of hydrogen-bond donors (Lipinski definition) is 1. The summed E-state index contributed by atoms with van der Waals surface area (Å²) < 4.78 is 5.34. The number of carbonyl (C=O) groups excluding carboxylic acids is 2. The van der Waals surface area contributed by atoms with Crippen molar-refractivity contribution >= 4 is 34.5 Å². The molecular weight excluding hydrogens is 436 g/mol. The zero-order chi connectivity index (χ0) is 22.6. The predicted molar refractivity (Wildman–Crippen MR) is 130 cm³/mol. The molecule has 2 aliphatic heterocycles. The summed E-state index contributed by atoms with van der Waals surface area (Å²) in [5.74, 6) is 0.168. The van der Waals surface area contributed by atoms with Gasteiger partial charge in [0.05, 0.1) is 25.5 Å². The van der Waals surface area contributed by atoms with Crippen LogP contribution in [0.25, 0.3) is 21.8 Å². The zero-order valence-corrected chi connectivity index (χ0v) is 19.1. The zero-order valence-electron chi connectivity index (χ0n) is 18.3. The molecule has 170 valence electrons. The molecule has 1 N–H and O–H groups in total. The van der Waals surface area contributed by atoms with Gasteiger partial charge in [-0.2, -0.15) is 0 Å². The van der Waals surface area contributed by atoms with Crippen molar-refractivity contribution in [2.24, 2.45) is 0 Å². The summed E-state index contributed by atoms with van der Waals surface area (Å²) in [6, 6.07) is 15.8. The van der Waals surface area contributed by atoms with Crippen molar-refractivity contribution in [1.82, 2.24) is 9.88 Å². The molecule has 0 bridgehead atoms. The SMILES string of the molecule is O=C(CN1CCOCC1)Nc1cccc(-c2nc(-c3ccc(N4CCCC4=O)cc3)cs2)c1. The fourth-order valence-corrected chi connectivity index (χ4v) is 4.99. The molecule has 2 saturated heterocycles. The number of ether oxygens (including phenoxy) is 1. The van der Waals surface area contributed by atoms with Crippen molar-refractivity contribution in [3.05, 3.63) is 53.9 Å². The van der Waals surface area contributed by atoms with Gasteiger partial charge in [0.25, 0.3) is 0 Å². The molecule has 2 fully saturated rings. The Morgan fingerprint density at radius 2 is 1.88 bits per heavy atom. The second-order valence-corrected chi connectivity index (χ2v) is 9.11. The van der Waals surface area contributed by atoms with Crippen LogP contribution in [0.15, 0.2) is 53.9 Å². The highest BCUT2D eigenvalue weighted by molar-refractivity contribution is 7.13. The molecule has 0 spiro atoms. The Kier molecular flexibility index (Phi) is 6.48. The van der Waals surface area contributed by atoms with E-state index < -0.39 is 0 Å². The van der Waals surface area contributed by atoms with E-state index in [4.69, 9.17) is 9.72 Å². The molecule has 0 atom stereocenters. The Morgan fingerprint density at radius 1 is 1.06 bits per heavy atom. The van der Waals surface area contributed by atoms with E-state index in [2.05, 4.69) is 10.2 Å². The number of benzene rings is 2. The monoisotopic (exact) mass is 462 g/mol. The van der Waals surface area contributed by atoms with Crippen molar-refractivity contribution in [1.29, 1.82) is 0 Å². The van der Waals surface area contributed by atoms with E-state index >= 15 is 0 Å². The van der Waals surface area contributed by atoms with Gasteiger partial charge in [-0.05, 0) is 30.7 Å². The van der Waals surface area contributed by atoms with E-state index in [9.17, 15) is 9.59 Å². The Hall–Kier alpha value is -3.07. The first-order valence-electron chi connectivity index (χ1n) is 11.2. The lowest BCUT2D eigenvalue weighted by Crippen LogP contribution is -2.41. The number of hydrogen-bond acceptors (Lipinski definition) is 6. The standard InChI is InChI=1S/C25H26N4O3S/c30-23(16-28-11-13-32-14-12-28)26-20-4-1-3-19(15-20)25-27-22(17-33-25)18-6-8-21(9-7-18)29-10-2-5-24(29)31/h1,3-4,6-9,15,17H,2,5,10-14,16H2,(H,26,30). The molecule has 2 amide bonds. The van der Waals surface area contributed by atoms with Gasteiger partial charge >= 0.3 is 0 Å². The third-order valence-electron chi connectivity index (χ3n) is 5.92. The van der Waals surface area contributed by atoms with Gasteiger partial charge in [-0.15, -0.1) is 11.3 Å². The lowest BCUT2D eigenvalue weighted by Gasteiger charge is -2.25. The minimum atomic E-state index is -0.0227. The highest BCUT2D eigenvalue weighted by Gasteiger charge is 2.21. The summed E-state index contributed by atoms with van der Waals surface area (Å²) in [6.45, 7) is 4.07. The first kappa shape index (κ1) is 21.8. The van der Waals surface area contributed by atoms with E-state index in [-0.39, 0.29) is 11.8 Å². The summed E-state index contributed by atoms with van der Waals surface area (Å²) in [7, 11) is 0. The van der Waals surface area contributed by atoms with E-state index in [1.54, 1.807) is 11.3 Å². The molecule has 0 aliphatic carbocycles. The van der Waals surface area contributed by atoms with E-state index in [1.807, 2.05) is 58.8 Å². The second-order valence-electron chi connectivity index (χ2n) is 8.25. The van der Waals surface area contributed by atoms with Gasteiger partial charge in [0, 0.05) is 53.9 Å². The van der Waals surface area contributed by atoms with Crippen LogP contribution in [0.2, 0.25) is 0 Å². The number of carbonyl (C=O) groups is 2. The topological polar surface area (TPSA) is 74.8 Å². The quantitative estimate of drug-likeness (QED) is 0.602.